The van der Waals surface area contributed by atoms with Crippen LogP contribution in [0.25, 0.3) is 0 Å². The fourth-order valence-corrected chi connectivity index (χ4v) is 2.67. The molecule has 2 aliphatic rings. The number of nitrogens with one attached hydrogen (secondary N) is 2. The number of hydrogen-bond acceptors (Lipinski definition) is 6. The van der Waals surface area contributed by atoms with Crippen molar-refractivity contribution in [2.75, 3.05) is 25.0 Å². The van der Waals surface area contributed by atoms with E-state index in [1.165, 1.54) is 12.8 Å². The Morgan fingerprint density at radius 1 is 1.23 bits per heavy atom. The van der Waals surface area contributed by atoms with Crippen LogP contribution in [-0.4, -0.2) is 58.4 Å². The van der Waals surface area contributed by atoms with Crippen molar-refractivity contribution in [3.8, 4) is 0 Å². The second-order valence-corrected chi connectivity index (χ2v) is 8.02. The van der Waals surface area contributed by atoms with E-state index in [2.05, 4.69) is 20.8 Å². The van der Waals surface area contributed by atoms with Crippen molar-refractivity contribution in [2.45, 2.75) is 51.7 Å². The van der Waals surface area contributed by atoms with Crippen molar-refractivity contribution in [3.63, 3.8) is 0 Å². The molecule has 0 spiro atoms. The van der Waals surface area contributed by atoms with Crippen LogP contribution in [0.5, 0.6) is 0 Å². The van der Waals surface area contributed by atoms with Gasteiger partial charge in [0.15, 0.2) is 5.69 Å². The number of aromatic nitrogens is 2. The molecule has 0 bridgehead atoms. The predicted octanol–water partition coefficient (Wildman–Crippen LogP) is 2.04. The van der Waals surface area contributed by atoms with Gasteiger partial charge in [0.1, 0.15) is 11.4 Å². The molecule has 142 valence electrons. The van der Waals surface area contributed by atoms with E-state index >= 15 is 0 Å². The Labute approximate surface area is 153 Å². The molecule has 0 radical (unpaired) electrons. The fraction of sp³-hybridized carbons (Fsp3) is 0.667. The zero-order valence-corrected chi connectivity index (χ0v) is 15.6. The van der Waals surface area contributed by atoms with E-state index in [-0.39, 0.29) is 18.0 Å². The molecule has 26 heavy (non-hydrogen) atoms. The number of likely N-dealkylation sites (tertiary alicyclic amines) is 1. The molecule has 1 aliphatic carbocycles. The van der Waals surface area contributed by atoms with Crippen LogP contribution < -0.4 is 10.6 Å². The fourth-order valence-electron chi connectivity index (χ4n) is 2.67. The van der Waals surface area contributed by atoms with Gasteiger partial charge in [-0.25, -0.2) is 4.79 Å². The third-order valence-corrected chi connectivity index (χ3v) is 4.32. The van der Waals surface area contributed by atoms with Crippen molar-refractivity contribution in [1.82, 2.24) is 20.4 Å². The molecule has 2 heterocycles. The molecule has 2 fully saturated rings. The summed E-state index contributed by atoms with van der Waals surface area (Å²) < 4.78 is 5.32. The van der Waals surface area contributed by atoms with E-state index in [4.69, 9.17) is 4.74 Å². The lowest BCUT2D eigenvalue weighted by Gasteiger charge is -2.40. The Bertz CT molecular complexity index is 646. The minimum atomic E-state index is -0.490. The standard InChI is InChI=1S/C18H27N5O3/c1-18(2,3)26-17(25)23-10-13(11-23)20-15-7-6-14(21-22-15)16(24)19-9-8-12-4-5-12/h6-7,12-13H,4-5,8-11H2,1-3H3,(H,19,24)(H,20,22). The van der Waals surface area contributed by atoms with Gasteiger partial charge in [0.05, 0.1) is 6.04 Å². The van der Waals surface area contributed by atoms with Crippen molar-refractivity contribution in [1.29, 1.82) is 0 Å². The van der Waals surface area contributed by atoms with Crippen molar-refractivity contribution in [3.05, 3.63) is 17.8 Å². The Hall–Kier alpha value is -2.38. The minimum absolute atomic E-state index is 0.107. The maximum absolute atomic E-state index is 12.0. The highest BCUT2D eigenvalue weighted by Gasteiger charge is 2.33. The smallest absolute Gasteiger partial charge is 0.410 e. The van der Waals surface area contributed by atoms with Gasteiger partial charge >= 0.3 is 6.09 Å². The van der Waals surface area contributed by atoms with Crippen LogP contribution in [0.1, 0.15) is 50.5 Å². The number of ether oxygens (including phenoxy) is 1. The van der Waals surface area contributed by atoms with Gasteiger partial charge in [-0.3, -0.25) is 4.79 Å². The average Bonchev–Trinajstić information content (AvgIpc) is 3.33. The normalized spacial score (nSPS) is 17.4. The zero-order chi connectivity index (χ0) is 18.7. The van der Waals surface area contributed by atoms with Crippen LogP contribution in [0.3, 0.4) is 0 Å². The Kier molecular flexibility index (Phi) is 5.29. The summed E-state index contributed by atoms with van der Waals surface area (Å²) in [5.74, 6) is 1.19. The molecule has 0 unspecified atom stereocenters. The third-order valence-electron chi connectivity index (χ3n) is 4.32. The molecule has 1 aliphatic heterocycles. The topological polar surface area (TPSA) is 96.5 Å². The predicted molar refractivity (Wildman–Crippen MR) is 96.9 cm³/mol. The van der Waals surface area contributed by atoms with E-state index in [1.54, 1.807) is 17.0 Å². The van der Waals surface area contributed by atoms with Crippen LogP contribution in [0.15, 0.2) is 12.1 Å². The van der Waals surface area contributed by atoms with E-state index in [9.17, 15) is 9.59 Å². The molecule has 1 aromatic rings. The van der Waals surface area contributed by atoms with E-state index in [0.29, 0.717) is 31.1 Å². The Morgan fingerprint density at radius 2 is 1.96 bits per heavy atom. The van der Waals surface area contributed by atoms with Crippen molar-refractivity contribution >= 4 is 17.8 Å². The molecule has 0 aromatic carbocycles. The molecule has 1 saturated heterocycles. The Morgan fingerprint density at radius 3 is 2.54 bits per heavy atom. The molecule has 1 aromatic heterocycles. The molecule has 1 saturated carbocycles. The summed E-state index contributed by atoms with van der Waals surface area (Å²) in [5.41, 5.74) is -0.175. The highest BCUT2D eigenvalue weighted by Crippen LogP contribution is 2.31. The second kappa shape index (κ2) is 7.47. The first-order valence-corrected chi connectivity index (χ1v) is 9.16. The molecule has 2 amide bonds. The first-order chi connectivity index (χ1) is 12.3. The summed E-state index contributed by atoms with van der Waals surface area (Å²) in [6.07, 6.45) is 3.29. The summed E-state index contributed by atoms with van der Waals surface area (Å²) in [6.45, 7) is 7.34. The van der Waals surface area contributed by atoms with Gasteiger partial charge in [0, 0.05) is 19.6 Å². The quantitative estimate of drug-likeness (QED) is 0.805. The number of amides is 2. The van der Waals surface area contributed by atoms with Gasteiger partial charge in [0.25, 0.3) is 5.91 Å². The highest BCUT2D eigenvalue weighted by atomic mass is 16.6. The van der Waals surface area contributed by atoms with Crippen LogP contribution in [0.2, 0.25) is 0 Å². The number of carbonyl (C=O) groups excluding carboxylic acids is 2. The highest BCUT2D eigenvalue weighted by molar-refractivity contribution is 5.92. The third kappa shape index (κ3) is 5.31. The lowest BCUT2D eigenvalue weighted by Crippen LogP contribution is -2.58. The van der Waals surface area contributed by atoms with Crippen molar-refractivity contribution < 1.29 is 14.3 Å². The summed E-state index contributed by atoms with van der Waals surface area (Å²) >= 11 is 0. The van der Waals surface area contributed by atoms with E-state index in [1.807, 2.05) is 20.8 Å². The first-order valence-electron chi connectivity index (χ1n) is 9.16. The van der Waals surface area contributed by atoms with Gasteiger partial charge in [-0.15, -0.1) is 10.2 Å². The first kappa shape index (κ1) is 18.4. The van der Waals surface area contributed by atoms with Gasteiger partial charge in [-0.05, 0) is 45.2 Å². The van der Waals surface area contributed by atoms with Crippen molar-refractivity contribution in [2.24, 2.45) is 5.92 Å². The molecule has 8 heteroatoms. The van der Waals surface area contributed by atoms with E-state index in [0.717, 1.165) is 12.3 Å². The largest absolute Gasteiger partial charge is 0.444 e. The second-order valence-electron chi connectivity index (χ2n) is 8.02. The Balaban J connectivity index is 1.39. The van der Waals surface area contributed by atoms with E-state index < -0.39 is 5.60 Å². The van der Waals surface area contributed by atoms with Gasteiger partial charge in [0.2, 0.25) is 0 Å². The summed E-state index contributed by atoms with van der Waals surface area (Å²) in [5, 5.41) is 14.1. The summed E-state index contributed by atoms with van der Waals surface area (Å²) in [6, 6.07) is 3.50. The number of nitrogens with zero attached hydrogens (tertiary/aromatic N) is 3. The SMILES string of the molecule is CC(C)(C)OC(=O)N1CC(Nc2ccc(C(=O)NCCC3CC3)nn2)C1. The van der Waals surface area contributed by atoms with Gasteiger partial charge in [-0.2, -0.15) is 0 Å². The monoisotopic (exact) mass is 361 g/mol. The average molecular weight is 361 g/mol. The molecule has 8 nitrogen and oxygen atoms in total. The van der Waals surface area contributed by atoms with Crippen LogP contribution in [-0.2, 0) is 4.74 Å². The molecule has 0 atom stereocenters. The molecule has 3 rings (SSSR count). The van der Waals surface area contributed by atoms with Gasteiger partial charge in [-0.1, -0.05) is 12.8 Å². The number of carbonyl (C=O) groups is 2. The van der Waals surface area contributed by atoms with Gasteiger partial charge < -0.3 is 20.3 Å². The number of anilines is 1. The van der Waals surface area contributed by atoms with Crippen LogP contribution >= 0.6 is 0 Å². The molecular weight excluding hydrogens is 334 g/mol. The maximum Gasteiger partial charge on any atom is 0.410 e. The maximum atomic E-state index is 12.0. The molecule has 2 N–H and O–H groups in total. The molecular formula is C18H27N5O3. The minimum Gasteiger partial charge on any atom is -0.444 e. The van der Waals surface area contributed by atoms with Crippen LogP contribution in [0.4, 0.5) is 10.6 Å². The summed E-state index contributed by atoms with van der Waals surface area (Å²) in [7, 11) is 0. The number of rotatable bonds is 6. The van der Waals surface area contributed by atoms with Crippen LogP contribution in [0, 0.1) is 5.92 Å². The summed E-state index contributed by atoms with van der Waals surface area (Å²) in [4.78, 5) is 25.5. The lowest BCUT2D eigenvalue weighted by atomic mass is 10.1. The zero-order valence-electron chi connectivity index (χ0n) is 15.6. The lowest BCUT2D eigenvalue weighted by molar-refractivity contribution is 0.0104. The number of hydrogen-bond donors (Lipinski definition) is 2.